The molecule has 0 saturated heterocycles. The molecule has 0 aliphatic heterocycles. The van der Waals surface area contributed by atoms with Gasteiger partial charge < -0.3 is 20.8 Å². The molecule has 132 valence electrons. The summed E-state index contributed by atoms with van der Waals surface area (Å²) in [4.78, 5) is 44.5. The van der Waals surface area contributed by atoms with Gasteiger partial charge in [0.25, 0.3) is 0 Å². The molecule has 0 fully saturated rings. The number of hydrogen-bond acceptors (Lipinski definition) is 4. The molecule has 0 atom stereocenters. The first-order valence-electron chi connectivity index (χ1n) is 7.32. The Morgan fingerprint density at radius 1 is 0.654 bits per heavy atom. The Labute approximate surface area is 147 Å². The SMILES string of the molecule is O=C(O)/C=C\C(=O)Nc1cccc2c(NC(=O)/C=C\C(=O)O)cccc12. The van der Waals surface area contributed by atoms with E-state index in [0.717, 1.165) is 24.3 Å². The third-order valence-electron chi connectivity index (χ3n) is 3.19. The van der Waals surface area contributed by atoms with Gasteiger partial charge in [-0.2, -0.15) is 0 Å². The molecular weight excluding hydrogens is 340 g/mol. The van der Waals surface area contributed by atoms with E-state index in [9.17, 15) is 19.2 Å². The van der Waals surface area contributed by atoms with Crippen LogP contribution >= 0.6 is 0 Å². The molecule has 2 aromatic carbocycles. The molecule has 8 nitrogen and oxygen atoms in total. The Morgan fingerprint density at radius 2 is 1.04 bits per heavy atom. The molecule has 0 heterocycles. The number of carboxylic acids is 2. The second-order valence-electron chi connectivity index (χ2n) is 5.03. The summed E-state index contributed by atoms with van der Waals surface area (Å²) in [6.45, 7) is 0. The van der Waals surface area contributed by atoms with Gasteiger partial charge in [-0.3, -0.25) is 9.59 Å². The standard InChI is InChI=1S/C18H14N2O6/c21-15(7-9-17(23)24)19-13-5-1-3-11-12(13)4-2-6-14(11)20-16(22)8-10-18(25)26/h1-10H,(H,19,21)(H,20,22)(H,23,24)(H,25,26)/b9-7-,10-8-. The van der Waals surface area contributed by atoms with E-state index in [1.165, 1.54) is 0 Å². The van der Waals surface area contributed by atoms with Crippen LogP contribution in [0.2, 0.25) is 0 Å². The average Bonchev–Trinajstić information content (AvgIpc) is 2.59. The van der Waals surface area contributed by atoms with Gasteiger partial charge >= 0.3 is 11.9 Å². The van der Waals surface area contributed by atoms with Gasteiger partial charge in [0.15, 0.2) is 0 Å². The van der Waals surface area contributed by atoms with Gasteiger partial charge in [0.2, 0.25) is 11.8 Å². The lowest BCUT2D eigenvalue weighted by Crippen LogP contribution is -2.10. The molecule has 2 rings (SSSR count). The number of benzene rings is 2. The van der Waals surface area contributed by atoms with E-state index in [4.69, 9.17) is 10.2 Å². The number of carbonyl (C=O) groups excluding carboxylic acids is 2. The highest BCUT2D eigenvalue weighted by molar-refractivity contribution is 6.12. The number of amides is 2. The van der Waals surface area contributed by atoms with E-state index in [1.807, 2.05) is 0 Å². The van der Waals surface area contributed by atoms with Gasteiger partial charge in [0.05, 0.1) is 0 Å². The highest BCUT2D eigenvalue weighted by atomic mass is 16.4. The lowest BCUT2D eigenvalue weighted by molar-refractivity contribution is -0.132. The van der Waals surface area contributed by atoms with Crippen molar-refractivity contribution in [2.45, 2.75) is 0 Å². The van der Waals surface area contributed by atoms with Crippen molar-refractivity contribution in [3.8, 4) is 0 Å². The summed E-state index contributed by atoms with van der Waals surface area (Å²) in [5.74, 6) is -3.70. The lowest BCUT2D eigenvalue weighted by atomic mass is 10.1. The first kappa shape index (κ1) is 18.4. The first-order valence-corrected chi connectivity index (χ1v) is 7.32. The van der Waals surface area contributed by atoms with Crippen molar-refractivity contribution in [1.82, 2.24) is 0 Å². The molecular formula is C18H14N2O6. The Kier molecular flexibility index (Phi) is 5.83. The lowest BCUT2D eigenvalue weighted by Gasteiger charge is -2.11. The quantitative estimate of drug-likeness (QED) is 0.587. The van der Waals surface area contributed by atoms with Crippen molar-refractivity contribution in [3.05, 3.63) is 60.7 Å². The van der Waals surface area contributed by atoms with E-state index >= 15 is 0 Å². The van der Waals surface area contributed by atoms with Gasteiger partial charge in [0, 0.05) is 46.5 Å². The van der Waals surface area contributed by atoms with Gasteiger partial charge in [-0.1, -0.05) is 24.3 Å². The molecule has 8 heteroatoms. The zero-order valence-corrected chi connectivity index (χ0v) is 13.3. The summed E-state index contributed by atoms with van der Waals surface area (Å²) in [7, 11) is 0. The number of fused-ring (bicyclic) bond motifs is 1. The van der Waals surface area contributed by atoms with Crippen LogP contribution in [0.5, 0.6) is 0 Å². The summed E-state index contributed by atoms with van der Waals surface area (Å²) < 4.78 is 0. The average molecular weight is 354 g/mol. The van der Waals surface area contributed by atoms with Crippen LogP contribution in [0.1, 0.15) is 0 Å². The van der Waals surface area contributed by atoms with Crippen LogP contribution in [0.15, 0.2) is 60.7 Å². The predicted octanol–water partition coefficient (Wildman–Crippen LogP) is 2.00. The maximum absolute atomic E-state index is 11.8. The highest BCUT2D eigenvalue weighted by Gasteiger charge is 2.08. The number of anilines is 2. The molecule has 0 aromatic heterocycles. The fourth-order valence-corrected chi connectivity index (χ4v) is 2.17. The summed E-state index contributed by atoms with van der Waals surface area (Å²) in [6.07, 6.45) is 3.23. The monoisotopic (exact) mass is 354 g/mol. The van der Waals surface area contributed by atoms with Crippen LogP contribution in [0.25, 0.3) is 10.8 Å². The summed E-state index contributed by atoms with van der Waals surface area (Å²) in [5.41, 5.74) is 0.861. The van der Waals surface area contributed by atoms with Gasteiger partial charge in [-0.05, 0) is 12.1 Å². The molecule has 4 N–H and O–H groups in total. The number of nitrogens with one attached hydrogen (secondary N) is 2. The summed E-state index contributed by atoms with van der Waals surface area (Å²) >= 11 is 0. The zero-order chi connectivity index (χ0) is 19.1. The van der Waals surface area contributed by atoms with Gasteiger partial charge in [0.1, 0.15) is 0 Å². The van der Waals surface area contributed by atoms with Crippen LogP contribution in [-0.2, 0) is 19.2 Å². The molecule has 26 heavy (non-hydrogen) atoms. The third kappa shape index (κ3) is 5.03. The summed E-state index contributed by atoms with van der Waals surface area (Å²) in [6, 6.07) is 10.0. The maximum atomic E-state index is 11.8. The normalized spacial score (nSPS) is 10.9. The van der Waals surface area contributed by atoms with Crippen LogP contribution in [0, 0.1) is 0 Å². The molecule has 0 aliphatic rings. The fourth-order valence-electron chi connectivity index (χ4n) is 2.17. The molecule has 0 unspecified atom stereocenters. The smallest absolute Gasteiger partial charge is 0.328 e. The highest BCUT2D eigenvalue weighted by Crippen LogP contribution is 2.29. The van der Waals surface area contributed by atoms with Crippen molar-refractivity contribution >= 4 is 45.9 Å². The van der Waals surface area contributed by atoms with E-state index < -0.39 is 23.8 Å². The van der Waals surface area contributed by atoms with E-state index in [0.29, 0.717) is 22.1 Å². The zero-order valence-electron chi connectivity index (χ0n) is 13.3. The minimum atomic E-state index is -1.24. The number of aliphatic carboxylic acids is 2. The third-order valence-corrected chi connectivity index (χ3v) is 3.19. The number of hydrogen-bond donors (Lipinski definition) is 4. The van der Waals surface area contributed by atoms with Crippen molar-refractivity contribution in [2.24, 2.45) is 0 Å². The molecule has 0 radical (unpaired) electrons. The van der Waals surface area contributed by atoms with Crippen LogP contribution in [0.3, 0.4) is 0 Å². The van der Waals surface area contributed by atoms with Crippen molar-refractivity contribution < 1.29 is 29.4 Å². The molecule has 0 bridgehead atoms. The van der Waals surface area contributed by atoms with Crippen molar-refractivity contribution in [1.29, 1.82) is 0 Å². The minimum absolute atomic E-state index is 0.430. The van der Waals surface area contributed by atoms with E-state index in [1.54, 1.807) is 36.4 Å². The Morgan fingerprint density at radius 3 is 1.38 bits per heavy atom. The predicted molar refractivity (Wildman–Crippen MR) is 94.8 cm³/mol. The van der Waals surface area contributed by atoms with Crippen molar-refractivity contribution in [2.75, 3.05) is 10.6 Å². The largest absolute Gasteiger partial charge is 0.478 e. The van der Waals surface area contributed by atoms with Crippen LogP contribution < -0.4 is 10.6 Å². The topological polar surface area (TPSA) is 133 Å². The van der Waals surface area contributed by atoms with Crippen molar-refractivity contribution in [3.63, 3.8) is 0 Å². The Balaban J connectivity index is 2.30. The minimum Gasteiger partial charge on any atom is -0.478 e. The number of carboxylic acid groups (broad SMARTS) is 2. The number of carbonyl (C=O) groups is 4. The van der Waals surface area contributed by atoms with Crippen LogP contribution in [-0.4, -0.2) is 34.0 Å². The fraction of sp³-hybridized carbons (Fsp3) is 0. The van der Waals surface area contributed by atoms with Crippen LogP contribution in [0.4, 0.5) is 11.4 Å². The van der Waals surface area contributed by atoms with Gasteiger partial charge in [-0.25, -0.2) is 9.59 Å². The molecule has 2 amide bonds. The second-order valence-corrected chi connectivity index (χ2v) is 5.03. The Hall–Kier alpha value is -3.94. The first-order chi connectivity index (χ1) is 12.4. The molecule has 2 aromatic rings. The molecule has 0 saturated carbocycles. The maximum Gasteiger partial charge on any atom is 0.328 e. The number of rotatable bonds is 6. The summed E-state index contributed by atoms with van der Waals surface area (Å²) in [5, 5.41) is 23.5. The Bertz CT molecular complexity index is 869. The van der Waals surface area contributed by atoms with E-state index in [2.05, 4.69) is 10.6 Å². The van der Waals surface area contributed by atoms with E-state index in [-0.39, 0.29) is 0 Å². The molecule has 0 aliphatic carbocycles. The second kappa shape index (κ2) is 8.25. The molecule has 0 spiro atoms. The van der Waals surface area contributed by atoms with Gasteiger partial charge in [-0.15, -0.1) is 0 Å².